The second kappa shape index (κ2) is 7.01. The van der Waals surface area contributed by atoms with E-state index < -0.39 is 0 Å². The van der Waals surface area contributed by atoms with Crippen molar-refractivity contribution in [1.82, 2.24) is 4.90 Å². The highest BCUT2D eigenvalue weighted by atomic mass is 16.5. The molecule has 4 heteroatoms. The molecular weight excluding hydrogens is 216 g/mol. The van der Waals surface area contributed by atoms with Crippen LogP contribution in [0.4, 0.5) is 5.69 Å². The maximum atomic E-state index is 5.91. The molecule has 0 unspecified atom stereocenters. The topological polar surface area (TPSA) is 47.7 Å². The van der Waals surface area contributed by atoms with Crippen molar-refractivity contribution in [3.8, 4) is 11.5 Å². The Balaban J connectivity index is 2.52. The lowest BCUT2D eigenvalue weighted by atomic mass is 10.3. The Morgan fingerprint density at radius 2 is 1.82 bits per heavy atom. The van der Waals surface area contributed by atoms with Crippen molar-refractivity contribution in [2.45, 2.75) is 13.8 Å². The number of ether oxygens (including phenoxy) is 2. The molecule has 0 atom stereocenters. The van der Waals surface area contributed by atoms with Gasteiger partial charge in [0.15, 0.2) is 0 Å². The van der Waals surface area contributed by atoms with E-state index >= 15 is 0 Å². The summed E-state index contributed by atoms with van der Waals surface area (Å²) in [4.78, 5) is 2.30. The fourth-order valence-corrected chi connectivity index (χ4v) is 1.65. The van der Waals surface area contributed by atoms with Crippen LogP contribution in [-0.4, -0.2) is 38.3 Å². The third-order valence-electron chi connectivity index (χ3n) is 2.81. The van der Waals surface area contributed by atoms with E-state index in [1.165, 1.54) is 0 Å². The Morgan fingerprint density at radius 3 is 2.41 bits per heavy atom. The van der Waals surface area contributed by atoms with Crippen LogP contribution in [0.1, 0.15) is 13.8 Å². The average Bonchev–Trinajstić information content (AvgIpc) is 2.36. The van der Waals surface area contributed by atoms with Gasteiger partial charge in [-0.05, 0) is 25.2 Å². The Hall–Kier alpha value is -1.42. The number of nitrogen functional groups attached to an aromatic ring is 1. The second-order valence-corrected chi connectivity index (χ2v) is 3.75. The van der Waals surface area contributed by atoms with Crippen LogP contribution in [0.25, 0.3) is 0 Å². The minimum Gasteiger partial charge on any atom is -0.494 e. The number of anilines is 1. The van der Waals surface area contributed by atoms with Crippen LogP contribution in [-0.2, 0) is 0 Å². The molecule has 0 spiro atoms. The average molecular weight is 238 g/mol. The number of benzene rings is 1. The second-order valence-electron chi connectivity index (χ2n) is 3.75. The van der Waals surface area contributed by atoms with Gasteiger partial charge in [0.2, 0.25) is 0 Å². The van der Waals surface area contributed by atoms with Crippen molar-refractivity contribution >= 4 is 5.69 Å². The third-order valence-corrected chi connectivity index (χ3v) is 2.81. The molecule has 0 fully saturated rings. The van der Waals surface area contributed by atoms with E-state index in [9.17, 15) is 0 Å². The highest BCUT2D eigenvalue weighted by Crippen LogP contribution is 2.30. The zero-order valence-electron chi connectivity index (χ0n) is 10.9. The maximum Gasteiger partial charge on any atom is 0.146 e. The summed E-state index contributed by atoms with van der Waals surface area (Å²) in [5.74, 6) is 1.35. The summed E-state index contributed by atoms with van der Waals surface area (Å²) in [6.45, 7) is 7.90. The van der Waals surface area contributed by atoms with Gasteiger partial charge in [-0.15, -0.1) is 0 Å². The lowest BCUT2D eigenvalue weighted by molar-refractivity contribution is 0.223. The normalized spacial score (nSPS) is 10.6. The first-order chi connectivity index (χ1) is 8.22. The molecule has 96 valence electrons. The highest BCUT2D eigenvalue weighted by Gasteiger charge is 2.06. The first kappa shape index (κ1) is 13.6. The maximum absolute atomic E-state index is 5.91. The van der Waals surface area contributed by atoms with Gasteiger partial charge in [0.05, 0.1) is 7.11 Å². The smallest absolute Gasteiger partial charge is 0.146 e. The van der Waals surface area contributed by atoms with E-state index in [0.717, 1.165) is 19.6 Å². The van der Waals surface area contributed by atoms with Crippen LogP contribution in [0, 0.1) is 0 Å². The molecule has 0 amide bonds. The van der Waals surface area contributed by atoms with Gasteiger partial charge < -0.3 is 20.1 Å². The van der Waals surface area contributed by atoms with E-state index in [1.54, 1.807) is 7.11 Å². The van der Waals surface area contributed by atoms with E-state index in [1.807, 2.05) is 18.2 Å². The van der Waals surface area contributed by atoms with Gasteiger partial charge in [0, 0.05) is 6.54 Å². The van der Waals surface area contributed by atoms with Gasteiger partial charge in [-0.1, -0.05) is 19.9 Å². The van der Waals surface area contributed by atoms with Gasteiger partial charge >= 0.3 is 0 Å². The molecule has 1 rings (SSSR count). The predicted molar refractivity (Wildman–Crippen MR) is 70.7 cm³/mol. The number of methoxy groups -OCH3 is 1. The number of hydrogen-bond donors (Lipinski definition) is 1. The van der Waals surface area contributed by atoms with Crippen LogP contribution in [0.2, 0.25) is 0 Å². The number of rotatable bonds is 7. The van der Waals surface area contributed by atoms with Gasteiger partial charge in [-0.3, -0.25) is 0 Å². The molecule has 0 aliphatic rings. The van der Waals surface area contributed by atoms with Crippen molar-refractivity contribution in [1.29, 1.82) is 0 Å². The van der Waals surface area contributed by atoms with Crippen molar-refractivity contribution < 1.29 is 9.47 Å². The molecule has 1 aromatic rings. The zero-order chi connectivity index (χ0) is 12.7. The van der Waals surface area contributed by atoms with E-state index in [0.29, 0.717) is 23.8 Å². The van der Waals surface area contributed by atoms with Crippen molar-refractivity contribution in [3.05, 3.63) is 18.2 Å². The quantitative estimate of drug-likeness (QED) is 0.738. The van der Waals surface area contributed by atoms with E-state index in [2.05, 4.69) is 18.7 Å². The lowest BCUT2D eigenvalue weighted by Gasteiger charge is -2.18. The van der Waals surface area contributed by atoms with Crippen LogP contribution in [0.5, 0.6) is 11.5 Å². The minimum atomic E-state index is 0.564. The number of nitrogens with zero attached hydrogens (tertiary/aromatic N) is 1. The van der Waals surface area contributed by atoms with E-state index in [4.69, 9.17) is 15.2 Å². The first-order valence-electron chi connectivity index (χ1n) is 6.00. The van der Waals surface area contributed by atoms with Crippen LogP contribution in [0.3, 0.4) is 0 Å². The fraction of sp³-hybridized carbons (Fsp3) is 0.538. The zero-order valence-corrected chi connectivity index (χ0v) is 10.9. The molecule has 0 radical (unpaired) electrons. The van der Waals surface area contributed by atoms with Crippen LogP contribution in [0.15, 0.2) is 18.2 Å². The number of para-hydroxylation sites is 1. The molecule has 17 heavy (non-hydrogen) atoms. The molecule has 0 aromatic heterocycles. The molecular formula is C13H22N2O2. The standard InChI is InChI=1S/C13H22N2O2/c1-4-15(5-2)9-10-17-12-8-6-7-11(16-3)13(12)14/h6-8H,4-5,9-10,14H2,1-3H3. The molecule has 0 bridgehead atoms. The van der Waals surface area contributed by atoms with Crippen molar-refractivity contribution in [3.63, 3.8) is 0 Å². The monoisotopic (exact) mass is 238 g/mol. The third kappa shape index (κ3) is 3.82. The minimum absolute atomic E-state index is 0.564. The summed E-state index contributed by atoms with van der Waals surface area (Å²) in [6, 6.07) is 5.56. The lowest BCUT2D eigenvalue weighted by Crippen LogP contribution is -2.28. The predicted octanol–water partition coefficient (Wildman–Crippen LogP) is 2.00. The molecule has 4 nitrogen and oxygen atoms in total. The summed E-state index contributed by atoms with van der Waals surface area (Å²) >= 11 is 0. The molecule has 0 aliphatic carbocycles. The van der Waals surface area contributed by atoms with Gasteiger partial charge in [0.1, 0.15) is 23.8 Å². The van der Waals surface area contributed by atoms with Crippen LogP contribution >= 0.6 is 0 Å². The van der Waals surface area contributed by atoms with Gasteiger partial charge in [-0.2, -0.15) is 0 Å². The van der Waals surface area contributed by atoms with Crippen molar-refractivity contribution in [2.75, 3.05) is 39.1 Å². The Bertz CT molecular complexity index is 338. The van der Waals surface area contributed by atoms with Crippen LogP contribution < -0.4 is 15.2 Å². The number of nitrogens with two attached hydrogens (primary N) is 1. The first-order valence-corrected chi connectivity index (χ1v) is 6.00. The molecule has 0 saturated carbocycles. The molecule has 0 saturated heterocycles. The largest absolute Gasteiger partial charge is 0.494 e. The van der Waals surface area contributed by atoms with Crippen molar-refractivity contribution in [2.24, 2.45) is 0 Å². The Morgan fingerprint density at radius 1 is 1.18 bits per heavy atom. The number of likely N-dealkylation sites (N-methyl/N-ethyl adjacent to an activating group) is 1. The SMILES string of the molecule is CCN(CC)CCOc1cccc(OC)c1N. The number of hydrogen-bond acceptors (Lipinski definition) is 4. The summed E-state index contributed by atoms with van der Waals surface area (Å²) in [5.41, 5.74) is 6.48. The molecule has 0 aliphatic heterocycles. The summed E-state index contributed by atoms with van der Waals surface area (Å²) in [6.07, 6.45) is 0. The van der Waals surface area contributed by atoms with Gasteiger partial charge in [-0.25, -0.2) is 0 Å². The molecule has 2 N–H and O–H groups in total. The Kier molecular flexibility index (Phi) is 5.63. The summed E-state index contributed by atoms with van der Waals surface area (Å²) in [5, 5.41) is 0. The summed E-state index contributed by atoms with van der Waals surface area (Å²) < 4.78 is 10.8. The van der Waals surface area contributed by atoms with Gasteiger partial charge in [0.25, 0.3) is 0 Å². The fourth-order valence-electron chi connectivity index (χ4n) is 1.65. The Labute approximate surface area is 103 Å². The molecule has 1 aromatic carbocycles. The molecule has 0 heterocycles. The van der Waals surface area contributed by atoms with E-state index in [-0.39, 0.29) is 0 Å². The highest BCUT2D eigenvalue weighted by molar-refractivity contribution is 5.62. The summed E-state index contributed by atoms with van der Waals surface area (Å²) in [7, 11) is 1.60.